The summed E-state index contributed by atoms with van der Waals surface area (Å²) in [6, 6.07) is 8.06. The first-order valence-corrected chi connectivity index (χ1v) is 5.68. The molecule has 0 amide bonds. The molecule has 1 aromatic carbocycles. The Kier molecular flexibility index (Phi) is 3.61. The molecule has 1 aromatic heterocycles. The molecule has 0 aliphatic carbocycles. The molecule has 0 aliphatic heterocycles. The first-order valence-electron chi connectivity index (χ1n) is 5.68. The van der Waals surface area contributed by atoms with Gasteiger partial charge in [0.05, 0.1) is 18.1 Å². The second-order valence-electron chi connectivity index (χ2n) is 4.16. The maximum Gasteiger partial charge on any atom is 0.416 e. The van der Waals surface area contributed by atoms with Gasteiger partial charge in [-0.05, 0) is 29.3 Å². The number of nitrogens with one attached hydrogen (secondary N) is 1. The molecule has 0 radical (unpaired) electrons. The number of aromatic amines is 1. The molecular formula is C14H9F3N2O. The molecular weight excluding hydrogens is 269 g/mol. The number of benzene rings is 1. The molecule has 102 valence electrons. The van der Waals surface area contributed by atoms with E-state index in [-0.39, 0.29) is 12.0 Å². The number of halogens is 3. The second kappa shape index (κ2) is 5.21. The fourth-order valence-electron chi connectivity index (χ4n) is 1.79. The average molecular weight is 278 g/mol. The number of rotatable bonds is 2. The molecule has 2 aromatic rings. The van der Waals surface area contributed by atoms with Crippen LogP contribution in [0, 0.1) is 11.3 Å². The maximum absolute atomic E-state index is 12.6. The number of hydrogen-bond donors (Lipinski definition) is 1. The van der Waals surface area contributed by atoms with Crippen LogP contribution in [-0.2, 0) is 12.6 Å². The fraction of sp³-hybridized carbons (Fsp3) is 0.143. The Morgan fingerprint density at radius 1 is 1.20 bits per heavy atom. The standard InChI is InChI=1S/C14H9F3N2O/c15-14(16,17)12-3-1-2-9(7-12)11-6-10(4-5-18)13(20)19-8-11/h1-3,6-8H,4H2,(H,19,20). The Hall–Kier alpha value is -2.55. The highest BCUT2D eigenvalue weighted by molar-refractivity contribution is 5.64. The SMILES string of the molecule is N#CCc1cc(-c2cccc(C(F)(F)F)c2)c[nH]c1=O. The van der Waals surface area contributed by atoms with Gasteiger partial charge in [0, 0.05) is 11.8 Å². The van der Waals surface area contributed by atoms with Gasteiger partial charge in [-0.25, -0.2) is 0 Å². The van der Waals surface area contributed by atoms with E-state index in [1.807, 2.05) is 6.07 Å². The van der Waals surface area contributed by atoms with Gasteiger partial charge in [0.1, 0.15) is 0 Å². The van der Waals surface area contributed by atoms with E-state index in [4.69, 9.17) is 5.26 Å². The first kappa shape index (κ1) is 13.9. The molecule has 0 fully saturated rings. The smallest absolute Gasteiger partial charge is 0.328 e. The summed E-state index contributed by atoms with van der Waals surface area (Å²) in [5.41, 5.74) is -0.191. The lowest BCUT2D eigenvalue weighted by Crippen LogP contribution is -2.11. The Labute approximate surface area is 112 Å². The third kappa shape index (κ3) is 2.88. The molecule has 6 heteroatoms. The van der Waals surface area contributed by atoms with Gasteiger partial charge in [0.25, 0.3) is 5.56 Å². The molecule has 1 heterocycles. The van der Waals surface area contributed by atoms with Crippen molar-refractivity contribution < 1.29 is 13.2 Å². The minimum atomic E-state index is -4.42. The van der Waals surface area contributed by atoms with Crippen molar-refractivity contribution in [2.24, 2.45) is 0 Å². The van der Waals surface area contributed by atoms with Crippen LogP contribution in [0.5, 0.6) is 0 Å². The maximum atomic E-state index is 12.6. The fourth-order valence-corrected chi connectivity index (χ4v) is 1.79. The summed E-state index contributed by atoms with van der Waals surface area (Å²) < 4.78 is 37.9. The molecule has 0 spiro atoms. The van der Waals surface area contributed by atoms with Crippen molar-refractivity contribution in [1.29, 1.82) is 5.26 Å². The van der Waals surface area contributed by atoms with Crippen LogP contribution in [0.1, 0.15) is 11.1 Å². The van der Waals surface area contributed by atoms with Crippen LogP contribution in [0.2, 0.25) is 0 Å². The molecule has 0 unspecified atom stereocenters. The number of nitriles is 1. The highest BCUT2D eigenvalue weighted by atomic mass is 19.4. The molecule has 2 rings (SSSR count). The van der Waals surface area contributed by atoms with Gasteiger partial charge in [0.2, 0.25) is 0 Å². The zero-order chi connectivity index (χ0) is 14.8. The zero-order valence-corrected chi connectivity index (χ0v) is 10.2. The molecule has 3 nitrogen and oxygen atoms in total. The molecule has 0 bridgehead atoms. The van der Waals surface area contributed by atoms with Gasteiger partial charge in [-0.15, -0.1) is 0 Å². The monoisotopic (exact) mass is 278 g/mol. The number of alkyl halides is 3. The van der Waals surface area contributed by atoms with Crippen LogP contribution in [0.3, 0.4) is 0 Å². The second-order valence-corrected chi connectivity index (χ2v) is 4.16. The van der Waals surface area contributed by atoms with Crippen molar-refractivity contribution in [2.45, 2.75) is 12.6 Å². The van der Waals surface area contributed by atoms with Crippen molar-refractivity contribution in [2.75, 3.05) is 0 Å². The van der Waals surface area contributed by atoms with E-state index < -0.39 is 17.3 Å². The van der Waals surface area contributed by atoms with Gasteiger partial charge >= 0.3 is 6.18 Å². The van der Waals surface area contributed by atoms with Crippen molar-refractivity contribution in [3.8, 4) is 17.2 Å². The van der Waals surface area contributed by atoms with Crippen molar-refractivity contribution in [1.82, 2.24) is 4.98 Å². The number of nitrogens with zero attached hydrogens (tertiary/aromatic N) is 1. The van der Waals surface area contributed by atoms with Gasteiger partial charge in [-0.1, -0.05) is 12.1 Å². The van der Waals surface area contributed by atoms with Crippen LogP contribution < -0.4 is 5.56 Å². The van der Waals surface area contributed by atoms with E-state index >= 15 is 0 Å². The van der Waals surface area contributed by atoms with Gasteiger partial charge in [-0.2, -0.15) is 18.4 Å². The average Bonchev–Trinajstić information content (AvgIpc) is 2.41. The highest BCUT2D eigenvalue weighted by Crippen LogP contribution is 2.31. The highest BCUT2D eigenvalue weighted by Gasteiger charge is 2.30. The van der Waals surface area contributed by atoms with Crippen LogP contribution in [0.25, 0.3) is 11.1 Å². The molecule has 0 atom stereocenters. The number of pyridine rings is 1. The van der Waals surface area contributed by atoms with E-state index in [9.17, 15) is 18.0 Å². The summed E-state index contributed by atoms with van der Waals surface area (Å²) in [5.74, 6) is 0. The quantitative estimate of drug-likeness (QED) is 0.917. The normalized spacial score (nSPS) is 11.1. The number of hydrogen-bond acceptors (Lipinski definition) is 2. The minimum absolute atomic E-state index is 0.0951. The molecule has 20 heavy (non-hydrogen) atoms. The van der Waals surface area contributed by atoms with Crippen molar-refractivity contribution >= 4 is 0 Å². The van der Waals surface area contributed by atoms with E-state index in [1.54, 1.807) is 0 Å². The van der Waals surface area contributed by atoms with E-state index in [0.717, 1.165) is 12.1 Å². The molecule has 0 saturated heterocycles. The van der Waals surface area contributed by atoms with E-state index in [0.29, 0.717) is 11.1 Å². The summed E-state index contributed by atoms with van der Waals surface area (Å²) in [7, 11) is 0. The van der Waals surface area contributed by atoms with E-state index in [2.05, 4.69) is 4.98 Å². The lowest BCUT2D eigenvalue weighted by Gasteiger charge is -2.09. The predicted molar refractivity (Wildman–Crippen MR) is 66.8 cm³/mol. The summed E-state index contributed by atoms with van der Waals surface area (Å²) in [5, 5.41) is 8.60. The van der Waals surface area contributed by atoms with Crippen LogP contribution in [0.4, 0.5) is 13.2 Å². The minimum Gasteiger partial charge on any atom is -0.328 e. The Bertz CT molecular complexity index is 726. The van der Waals surface area contributed by atoms with Gasteiger partial charge < -0.3 is 4.98 Å². The topological polar surface area (TPSA) is 56.6 Å². The van der Waals surface area contributed by atoms with Crippen molar-refractivity contribution in [3.63, 3.8) is 0 Å². The van der Waals surface area contributed by atoms with Gasteiger partial charge in [-0.3, -0.25) is 4.79 Å². The largest absolute Gasteiger partial charge is 0.416 e. The summed E-state index contributed by atoms with van der Waals surface area (Å²) in [4.78, 5) is 13.9. The molecule has 0 aliphatic rings. The lowest BCUT2D eigenvalue weighted by molar-refractivity contribution is -0.137. The Balaban J connectivity index is 2.50. The zero-order valence-electron chi connectivity index (χ0n) is 10.2. The van der Waals surface area contributed by atoms with Crippen LogP contribution >= 0.6 is 0 Å². The third-order valence-corrected chi connectivity index (χ3v) is 2.77. The molecule has 1 N–H and O–H groups in total. The predicted octanol–water partition coefficient (Wildman–Crippen LogP) is 3.13. The van der Waals surface area contributed by atoms with Crippen LogP contribution in [0.15, 0.2) is 41.3 Å². The lowest BCUT2D eigenvalue weighted by atomic mass is 10.0. The van der Waals surface area contributed by atoms with Gasteiger partial charge in [0.15, 0.2) is 0 Å². The van der Waals surface area contributed by atoms with Crippen molar-refractivity contribution in [3.05, 3.63) is 58.0 Å². The summed E-state index contributed by atoms with van der Waals surface area (Å²) in [6.45, 7) is 0. The number of H-pyrrole nitrogens is 1. The first-order chi connectivity index (χ1) is 9.41. The Morgan fingerprint density at radius 2 is 1.95 bits per heavy atom. The molecule has 0 saturated carbocycles. The summed E-state index contributed by atoms with van der Waals surface area (Å²) >= 11 is 0. The number of aromatic nitrogens is 1. The third-order valence-electron chi connectivity index (χ3n) is 2.77. The van der Waals surface area contributed by atoms with Crippen LogP contribution in [-0.4, -0.2) is 4.98 Å². The Morgan fingerprint density at radius 3 is 2.60 bits per heavy atom. The van der Waals surface area contributed by atoms with E-state index in [1.165, 1.54) is 24.4 Å². The summed E-state index contributed by atoms with van der Waals surface area (Å²) in [6.07, 6.45) is -3.19.